The van der Waals surface area contributed by atoms with E-state index < -0.39 is 0 Å². The molecule has 2 heteroatoms. The van der Waals surface area contributed by atoms with Crippen LogP contribution in [0.1, 0.15) is 27.2 Å². The summed E-state index contributed by atoms with van der Waals surface area (Å²) in [5.41, 5.74) is 0. The van der Waals surface area contributed by atoms with Crippen molar-refractivity contribution in [1.82, 2.24) is 5.32 Å². The zero-order valence-corrected chi connectivity index (χ0v) is 8.47. The van der Waals surface area contributed by atoms with E-state index in [1.807, 2.05) is 19.1 Å². The standard InChI is InChI=1S/C10H21NO/c1-4-6-9-12-10(3)7-8-11-5-2/h4,6,10-11H,5,7-9H2,1-3H3. The fourth-order valence-corrected chi connectivity index (χ4v) is 0.881. The van der Waals surface area contributed by atoms with E-state index in [1.54, 1.807) is 0 Å². The molecule has 0 aromatic carbocycles. The second-order valence-corrected chi connectivity index (χ2v) is 2.86. The molecule has 0 aliphatic rings. The van der Waals surface area contributed by atoms with Crippen molar-refractivity contribution < 1.29 is 4.74 Å². The molecule has 0 saturated carbocycles. The third-order valence-electron chi connectivity index (χ3n) is 1.69. The molecule has 1 unspecified atom stereocenters. The van der Waals surface area contributed by atoms with Crippen LogP contribution >= 0.6 is 0 Å². The molecule has 12 heavy (non-hydrogen) atoms. The molecule has 0 spiro atoms. The molecule has 0 aromatic heterocycles. The van der Waals surface area contributed by atoms with Gasteiger partial charge in [0.05, 0.1) is 12.7 Å². The van der Waals surface area contributed by atoms with Crippen LogP contribution in [-0.4, -0.2) is 25.8 Å². The lowest BCUT2D eigenvalue weighted by Gasteiger charge is -2.11. The summed E-state index contributed by atoms with van der Waals surface area (Å²) >= 11 is 0. The Labute approximate surface area is 76.0 Å². The van der Waals surface area contributed by atoms with E-state index in [4.69, 9.17) is 4.74 Å². The number of ether oxygens (including phenoxy) is 1. The average Bonchev–Trinajstić information content (AvgIpc) is 2.06. The molecule has 0 bridgehead atoms. The van der Waals surface area contributed by atoms with Crippen molar-refractivity contribution in [3.8, 4) is 0 Å². The SMILES string of the molecule is CC=CCOC(C)CCNCC. The summed E-state index contributed by atoms with van der Waals surface area (Å²) in [5, 5.41) is 3.27. The normalized spacial score (nSPS) is 13.9. The van der Waals surface area contributed by atoms with Gasteiger partial charge in [0.1, 0.15) is 0 Å². The van der Waals surface area contributed by atoms with Crippen molar-refractivity contribution in [3.63, 3.8) is 0 Å². The molecule has 1 atom stereocenters. The van der Waals surface area contributed by atoms with Crippen LogP contribution in [0.25, 0.3) is 0 Å². The predicted molar refractivity (Wildman–Crippen MR) is 53.4 cm³/mol. The van der Waals surface area contributed by atoms with Gasteiger partial charge in [-0.25, -0.2) is 0 Å². The third kappa shape index (κ3) is 7.76. The Morgan fingerprint density at radius 3 is 2.83 bits per heavy atom. The van der Waals surface area contributed by atoms with E-state index in [0.29, 0.717) is 6.10 Å². The summed E-state index contributed by atoms with van der Waals surface area (Å²) in [5.74, 6) is 0. The lowest BCUT2D eigenvalue weighted by Crippen LogP contribution is -2.20. The van der Waals surface area contributed by atoms with Crippen LogP contribution in [-0.2, 0) is 4.74 Å². The van der Waals surface area contributed by atoms with E-state index in [-0.39, 0.29) is 0 Å². The van der Waals surface area contributed by atoms with Crippen LogP contribution < -0.4 is 5.32 Å². The smallest absolute Gasteiger partial charge is 0.0650 e. The number of nitrogens with one attached hydrogen (secondary N) is 1. The van der Waals surface area contributed by atoms with Crippen molar-refractivity contribution in [2.24, 2.45) is 0 Å². The van der Waals surface area contributed by atoms with E-state index in [2.05, 4.69) is 19.2 Å². The molecule has 0 amide bonds. The van der Waals surface area contributed by atoms with E-state index in [9.17, 15) is 0 Å². The number of allylic oxidation sites excluding steroid dienone is 1. The van der Waals surface area contributed by atoms with E-state index in [1.165, 1.54) is 0 Å². The van der Waals surface area contributed by atoms with Crippen LogP contribution in [0.15, 0.2) is 12.2 Å². The molecule has 0 fully saturated rings. The quantitative estimate of drug-likeness (QED) is 0.467. The Kier molecular flexibility index (Phi) is 8.51. The fourth-order valence-electron chi connectivity index (χ4n) is 0.881. The molecule has 0 aromatic rings. The van der Waals surface area contributed by atoms with Crippen molar-refractivity contribution in [1.29, 1.82) is 0 Å². The lowest BCUT2D eigenvalue weighted by atomic mass is 10.3. The zero-order chi connectivity index (χ0) is 9.23. The van der Waals surface area contributed by atoms with E-state index in [0.717, 1.165) is 26.1 Å². The summed E-state index contributed by atoms with van der Waals surface area (Å²) < 4.78 is 5.50. The van der Waals surface area contributed by atoms with Crippen LogP contribution in [0.2, 0.25) is 0 Å². The van der Waals surface area contributed by atoms with Gasteiger partial charge in [0, 0.05) is 0 Å². The maximum absolute atomic E-state index is 5.50. The summed E-state index contributed by atoms with van der Waals surface area (Å²) in [6, 6.07) is 0. The first kappa shape index (κ1) is 11.7. The second-order valence-electron chi connectivity index (χ2n) is 2.86. The van der Waals surface area contributed by atoms with Crippen molar-refractivity contribution in [2.45, 2.75) is 33.3 Å². The lowest BCUT2D eigenvalue weighted by molar-refractivity contribution is 0.0820. The van der Waals surface area contributed by atoms with Crippen molar-refractivity contribution >= 4 is 0 Å². The summed E-state index contributed by atoms with van der Waals surface area (Å²) in [6.07, 6.45) is 5.49. The first-order valence-corrected chi connectivity index (χ1v) is 4.74. The molecule has 0 saturated heterocycles. The minimum absolute atomic E-state index is 0.361. The molecular formula is C10H21NO. The van der Waals surface area contributed by atoms with Gasteiger partial charge in [-0.3, -0.25) is 0 Å². The Morgan fingerprint density at radius 2 is 2.25 bits per heavy atom. The van der Waals surface area contributed by atoms with Gasteiger partial charge in [-0.05, 0) is 33.4 Å². The molecule has 0 aliphatic carbocycles. The first-order valence-electron chi connectivity index (χ1n) is 4.74. The predicted octanol–water partition coefficient (Wildman–Crippen LogP) is 1.97. The van der Waals surface area contributed by atoms with Crippen molar-refractivity contribution in [3.05, 3.63) is 12.2 Å². The first-order chi connectivity index (χ1) is 5.81. The average molecular weight is 171 g/mol. The van der Waals surface area contributed by atoms with Crippen LogP contribution in [0.4, 0.5) is 0 Å². The number of hydrogen-bond acceptors (Lipinski definition) is 2. The van der Waals surface area contributed by atoms with Gasteiger partial charge in [0.25, 0.3) is 0 Å². The molecule has 0 rings (SSSR count). The Bertz CT molecular complexity index is 112. The topological polar surface area (TPSA) is 21.3 Å². The van der Waals surface area contributed by atoms with Crippen LogP contribution in [0.3, 0.4) is 0 Å². The maximum atomic E-state index is 5.50. The monoisotopic (exact) mass is 171 g/mol. The minimum Gasteiger partial charge on any atom is -0.374 e. The highest BCUT2D eigenvalue weighted by Gasteiger charge is 1.98. The molecular weight excluding hydrogens is 150 g/mol. The highest BCUT2D eigenvalue weighted by Crippen LogP contribution is 1.95. The highest BCUT2D eigenvalue weighted by molar-refractivity contribution is 4.76. The molecule has 72 valence electrons. The van der Waals surface area contributed by atoms with Crippen LogP contribution in [0.5, 0.6) is 0 Å². The van der Waals surface area contributed by atoms with Gasteiger partial charge in [0.2, 0.25) is 0 Å². The third-order valence-corrected chi connectivity index (χ3v) is 1.69. The van der Waals surface area contributed by atoms with Gasteiger partial charge in [0.15, 0.2) is 0 Å². The molecule has 0 aliphatic heterocycles. The van der Waals surface area contributed by atoms with Gasteiger partial charge in [-0.2, -0.15) is 0 Å². The zero-order valence-electron chi connectivity index (χ0n) is 8.47. The number of hydrogen-bond donors (Lipinski definition) is 1. The van der Waals surface area contributed by atoms with Gasteiger partial charge in [-0.1, -0.05) is 19.1 Å². The summed E-state index contributed by atoms with van der Waals surface area (Å²) in [4.78, 5) is 0. The van der Waals surface area contributed by atoms with Gasteiger partial charge < -0.3 is 10.1 Å². The summed E-state index contributed by atoms with van der Waals surface area (Å²) in [6.45, 7) is 9.07. The van der Waals surface area contributed by atoms with E-state index >= 15 is 0 Å². The molecule has 0 heterocycles. The van der Waals surface area contributed by atoms with Crippen molar-refractivity contribution in [2.75, 3.05) is 19.7 Å². The Morgan fingerprint density at radius 1 is 1.50 bits per heavy atom. The molecule has 2 nitrogen and oxygen atoms in total. The summed E-state index contributed by atoms with van der Waals surface area (Å²) in [7, 11) is 0. The maximum Gasteiger partial charge on any atom is 0.0650 e. The minimum atomic E-state index is 0.361. The Hall–Kier alpha value is -0.340. The number of rotatable bonds is 7. The van der Waals surface area contributed by atoms with Crippen LogP contribution in [0, 0.1) is 0 Å². The fraction of sp³-hybridized carbons (Fsp3) is 0.800. The van der Waals surface area contributed by atoms with Gasteiger partial charge >= 0.3 is 0 Å². The largest absolute Gasteiger partial charge is 0.374 e. The van der Waals surface area contributed by atoms with Gasteiger partial charge in [-0.15, -0.1) is 0 Å². The highest BCUT2D eigenvalue weighted by atomic mass is 16.5. The Balaban J connectivity index is 3.15. The second kappa shape index (κ2) is 8.75. The molecule has 1 N–H and O–H groups in total. The molecule has 0 radical (unpaired) electrons.